The molecule has 0 saturated carbocycles. The fourth-order valence-electron chi connectivity index (χ4n) is 2.39. The molecule has 0 aliphatic heterocycles. The maximum atomic E-state index is 12.1. The first kappa shape index (κ1) is 14.5. The number of hydrogen-bond donors (Lipinski definition) is 0. The van der Waals surface area contributed by atoms with Gasteiger partial charge in [0.1, 0.15) is 5.78 Å². The highest BCUT2D eigenvalue weighted by molar-refractivity contribution is 5.81. The van der Waals surface area contributed by atoms with E-state index in [-0.39, 0.29) is 0 Å². The van der Waals surface area contributed by atoms with E-state index >= 15 is 0 Å². The number of ketones is 1. The summed E-state index contributed by atoms with van der Waals surface area (Å²) in [5.41, 5.74) is 6.21. The molecule has 0 unspecified atom stereocenters. The largest absolute Gasteiger partial charge is 0.299 e. The summed E-state index contributed by atoms with van der Waals surface area (Å²) in [4.78, 5) is 12.1. The van der Waals surface area contributed by atoms with Gasteiger partial charge in [-0.1, -0.05) is 42.5 Å². The molecule has 0 saturated heterocycles. The van der Waals surface area contributed by atoms with E-state index in [9.17, 15) is 4.79 Å². The van der Waals surface area contributed by atoms with Crippen LogP contribution in [-0.4, -0.2) is 5.78 Å². The molecule has 0 spiro atoms. The quantitative estimate of drug-likeness (QED) is 0.786. The molecule has 0 aliphatic rings. The molecular formula is C19H22O. The SMILES string of the molecule is Cc1ccc(CC(=O)CCc2ccccc2C)cc1C. The Morgan fingerprint density at radius 2 is 1.65 bits per heavy atom. The van der Waals surface area contributed by atoms with Crippen LogP contribution >= 0.6 is 0 Å². The van der Waals surface area contributed by atoms with Crippen molar-refractivity contribution in [2.45, 2.75) is 40.0 Å². The second-order valence-electron chi connectivity index (χ2n) is 5.56. The van der Waals surface area contributed by atoms with Crippen LogP contribution in [0.1, 0.15) is 34.2 Å². The van der Waals surface area contributed by atoms with Gasteiger partial charge in [0.15, 0.2) is 0 Å². The van der Waals surface area contributed by atoms with Crippen LogP contribution in [0.2, 0.25) is 0 Å². The Morgan fingerprint density at radius 1 is 0.900 bits per heavy atom. The molecule has 0 amide bonds. The molecular weight excluding hydrogens is 244 g/mol. The molecule has 0 radical (unpaired) electrons. The van der Waals surface area contributed by atoms with Gasteiger partial charge in [-0.3, -0.25) is 4.79 Å². The van der Waals surface area contributed by atoms with E-state index in [0.29, 0.717) is 18.6 Å². The Bertz CT molecular complexity index is 611. The van der Waals surface area contributed by atoms with E-state index in [1.165, 1.54) is 22.3 Å². The first-order valence-corrected chi connectivity index (χ1v) is 7.18. The van der Waals surface area contributed by atoms with Gasteiger partial charge in [0.05, 0.1) is 0 Å². The van der Waals surface area contributed by atoms with Gasteiger partial charge in [-0.2, -0.15) is 0 Å². The average molecular weight is 266 g/mol. The number of rotatable bonds is 5. The number of Topliss-reactive ketones (excluding diaryl/α,β-unsaturated/α-hetero) is 1. The third kappa shape index (κ3) is 3.80. The zero-order chi connectivity index (χ0) is 14.5. The molecule has 20 heavy (non-hydrogen) atoms. The Balaban J connectivity index is 1.93. The lowest BCUT2D eigenvalue weighted by Crippen LogP contribution is -2.05. The van der Waals surface area contributed by atoms with Crippen LogP contribution in [0.5, 0.6) is 0 Å². The molecule has 0 aromatic heterocycles. The van der Waals surface area contributed by atoms with Crippen LogP contribution in [0.25, 0.3) is 0 Å². The Labute approximate surface area is 121 Å². The van der Waals surface area contributed by atoms with Crippen LogP contribution in [0.3, 0.4) is 0 Å². The van der Waals surface area contributed by atoms with Crippen LogP contribution in [0.4, 0.5) is 0 Å². The predicted octanol–water partition coefficient (Wildman–Crippen LogP) is 4.36. The zero-order valence-corrected chi connectivity index (χ0v) is 12.6. The predicted molar refractivity (Wildman–Crippen MR) is 84.1 cm³/mol. The third-order valence-electron chi connectivity index (χ3n) is 3.91. The first-order valence-electron chi connectivity index (χ1n) is 7.18. The summed E-state index contributed by atoms with van der Waals surface area (Å²) >= 11 is 0. The standard InChI is InChI=1S/C19H22O/c1-14-8-9-17(12-16(14)3)13-19(20)11-10-18-7-5-4-6-15(18)2/h4-9,12H,10-11,13H2,1-3H3. The average Bonchev–Trinajstić information content (AvgIpc) is 2.42. The lowest BCUT2D eigenvalue weighted by atomic mass is 9.98. The molecule has 0 aliphatic carbocycles. The van der Waals surface area contributed by atoms with Crippen molar-refractivity contribution >= 4 is 5.78 Å². The second-order valence-corrected chi connectivity index (χ2v) is 5.56. The highest BCUT2D eigenvalue weighted by Crippen LogP contribution is 2.13. The molecule has 0 atom stereocenters. The van der Waals surface area contributed by atoms with E-state index in [2.05, 4.69) is 51.1 Å². The smallest absolute Gasteiger partial charge is 0.137 e. The fraction of sp³-hybridized carbons (Fsp3) is 0.316. The van der Waals surface area contributed by atoms with Crippen molar-refractivity contribution in [3.8, 4) is 0 Å². The van der Waals surface area contributed by atoms with Gasteiger partial charge >= 0.3 is 0 Å². The first-order chi connectivity index (χ1) is 9.56. The highest BCUT2D eigenvalue weighted by atomic mass is 16.1. The van der Waals surface area contributed by atoms with Crippen molar-refractivity contribution in [1.82, 2.24) is 0 Å². The van der Waals surface area contributed by atoms with Crippen LogP contribution < -0.4 is 0 Å². The van der Waals surface area contributed by atoms with Crippen molar-refractivity contribution in [2.75, 3.05) is 0 Å². The number of carbonyl (C=O) groups is 1. The van der Waals surface area contributed by atoms with E-state index in [1.807, 2.05) is 12.1 Å². The molecule has 1 nitrogen and oxygen atoms in total. The maximum absolute atomic E-state index is 12.1. The summed E-state index contributed by atoms with van der Waals surface area (Å²) < 4.78 is 0. The molecule has 2 rings (SSSR count). The molecule has 0 fully saturated rings. The summed E-state index contributed by atoms with van der Waals surface area (Å²) in [7, 11) is 0. The summed E-state index contributed by atoms with van der Waals surface area (Å²) in [5.74, 6) is 0.316. The summed E-state index contributed by atoms with van der Waals surface area (Å²) in [6.07, 6.45) is 2.02. The van der Waals surface area contributed by atoms with Crippen molar-refractivity contribution in [3.63, 3.8) is 0 Å². The minimum atomic E-state index is 0.316. The monoisotopic (exact) mass is 266 g/mol. The second kappa shape index (κ2) is 6.51. The topological polar surface area (TPSA) is 17.1 Å². The third-order valence-corrected chi connectivity index (χ3v) is 3.91. The summed E-state index contributed by atoms with van der Waals surface area (Å²) in [5, 5.41) is 0. The minimum absolute atomic E-state index is 0.316. The maximum Gasteiger partial charge on any atom is 0.137 e. The number of hydrogen-bond acceptors (Lipinski definition) is 1. The van der Waals surface area contributed by atoms with Gasteiger partial charge in [0.2, 0.25) is 0 Å². The molecule has 1 heteroatoms. The van der Waals surface area contributed by atoms with Gasteiger partial charge < -0.3 is 0 Å². The Kier molecular flexibility index (Phi) is 4.73. The summed E-state index contributed by atoms with van der Waals surface area (Å²) in [6.45, 7) is 6.29. The van der Waals surface area contributed by atoms with Gasteiger partial charge in [-0.15, -0.1) is 0 Å². The van der Waals surface area contributed by atoms with Crippen LogP contribution in [0.15, 0.2) is 42.5 Å². The van der Waals surface area contributed by atoms with Gasteiger partial charge in [-0.25, -0.2) is 0 Å². The number of benzene rings is 2. The van der Waals surface area contributed by atoms with E-state index < -0.39 is 0 Å². The highest BCUT2D eigenvalue weighted by Gasteiger charge is 2.06. The zero-order valence-electron chi connectivity index (χ0n) is 12.6. The molecule has 2 aromatic carbocycles. The van der Waals surface area contributed by atoms with Crippen molar-refractivity contribution in [2.24, 2.45) is 0 Å². The molecule has 0 heterocycles. The van der Waals surface area contributed by atoms with Gasteiger partial charge in [0.25, 0.3) is 0 Å². The van der Waals surface area contributed by atoms with E-state index in [1.54, 1.807) is 0 Å². The number of carbonyl (C=O) groups excluding carboxylic acids is 1. The summed E-state index contributed by atoms with van der Waals surface area (Å²) in [6, 6.07) is 14.6. The number of aryl methyl sites for hydroxylation is 4. The van der Waals surface area contributed by atoms with E-state index in [4.69, 9.17) is 0 Å². The lowest BCUT2D eigenvalue weighted by Gasteiger charge is -2.06. The minimum Gasteiger partial charge on any atom is -0.299 e. The Hall–Kier alpha value is -1.89. The van der Waals surface area contributed by atoms with Crippen LogP contribution in [0, 0.1) is 20.8 Å². The van der Waals surface area contributed by atoms with Gasteiger partial charge in [-0.05, 0) is 55.0 Å². The molecule has 104 valence electrons. The Morgan fingerprint density at radius 3 is 2.35 bits per heavy atom. The van der Waals surface area contributed by atoms with Crippen molar-refractivity contribution in [1.29, 1.82) is 0 Å². The molecule has 2 aromatic rings. The van der Waals surface area contributed by atoms with Crippen molar-refractivity contribution in [3.05, 3.63) is 70.3 Å². The molecule has 0 N–H and O–H groups in total. The van der Waals surface area contributed by atoms with E-state index in [0.717, 1.165) is 12.0 Å². The van der Waals surface area contributed by atoms with Crippen LogP contribution in [-0.2, 0) is 17.6 Å². The lowest BCUT2D eigenvalue weighted by molar-refractivity contribution is -0.118. The fourth-order valence-corrected chi connectivity index (χ4v) is 2.39. The van der Waals surface area contributed by atoms with Gasteiger partial charge in [0, 0.05) is 12.8 Å². The molecule has 0 bridgehead atoms. The normalized spacial score (nSPS) is 10.6. The van der Waals surface area contributed by atoms with Crippen molar-refractivity contribution < 1.29 is 4.79 Å².